The fraction of sp³-hybridized carbons (Fsp3) is 0.455. The predicted molar refractivity (Wildman–Crippen MR) is 120 cm³/mol. The zero-order chi connectivity index (χ0) is 23.1. The van der Waals surface area contributed by atoms with Crippen molar-refractivity contribution in [1.82, 2.24) is 15.3 Å². The smallest absolute Gasteiger partial charge is 0.267 e. The Labute approximate surface area is 194 Å². The van der Waals surface area contributed by atoms with E-state index in [1.54, 1.807) is 6.07 Å². The van der Waals surface area contributed by atoms with Gasteiger partial charge in [-0.25, -0.2) is 9.37 Å². The number of fused-ring (bicyclic) bond motifs is 2. The molecule has 2 bridgehead atoms. The van der Waals surface area contributed by atoms with Crippen LogP contribution in [0.3, 0.4) is 0 Å². The molecule has 3 aliphatic rings. The van der Waals surface area contributed by atoms with E-state index in [-0.39, 0.29) is 34.8 Å². The molecule has 4 heterocycles. The molecule has 3 fully saturated rings. The van der Waals surface area contributed by atoms with Gasteiger partial charge in [0, 0.05) is 37.5 Å². The summed E-state index contributed by atoms with van der Waals surface area (Å²) in [5.41, 5.74) is 5.61. The molecule has 0 saturated carbocycles. The van der Waals surface area contributed by atoms with Gasteiger partial charge in [0.1, 0.15) is 35.2 Å². The molecule has 4 atom stereocenters. The second kappa shape index (κ2) is 8.66. The van der Waals surface area contributed by atoms with Gasteiger partial charge in [0.2, 0.25) is 11.9 Å². The number of carbonyl (C=O) groups excluding carboxylic acids is 2. The molecule has 0 aliphatic carbocycles. The van der Waals surface area contributed by atoms with Crippen molar-refractivity contribution in [3.8, 4) is 5.75 Å². The van der Waals surface area contributed by atoms with Gasteiger partial charge >= 0.3 is 0 Å². The molecule has 174 valence electrons. The van der Waals surface area contributed by atoms with Crippen LogP contribution in [0.2, 0.25) is 5.02 Å². The van der Waals surface area contributed by atoms with Crippen molar-refractivity contribution < 1.29 is 18.7 Å². The normalized spacial score (nSPS) is 26.2. The highest BCUT2D eigenvalue weighted by molar-refractivity contribution is 6.32. The van der Waals surface area contributed by atoms with Crippen LogP contribution < -0.4 is 26.0 Å². The lowest BCUT2D eigenvalue weighted by molar-refractivity contribution is -0.119. The number of piperidine rings is 1. The van der Waals surface area contributed by atoms with Crippen molar-refractivity contribution in [1.29, 1.82) is 0 Å². The summed E-state index contributed by atoms with van der Waals surface area (Å²) in [6.07, 6.45) is 3.83. The average molecular weight is 475 g/mol. The van der Waals surface area contributed by atoms with Crippen molar-refractivity contribution >= 4 is 35.2 Å². The quantitative estimate of drug-likeness (QED) is 0.586. The molecule has 2 aromatic rings. The lowest BCUT2D eigenvalue weighted by atomic mass is 10.00. The number of benzene rings is 1. The molecule has 3 aliphatic heterocycles. The number of aromatic nitrogens is 2. The Morgan fingerprint density at radius 1 is 1.21 bits per heavy atom. The Morgan fingerprint density at radius 2 is 1.97 bits per heavy atom. The molecule has 2 amide bonds. The Morgan fingerprint density at radius 3 is 2.61 bits per heavy atom. The summed E-state index contributed by atoms with van der Waals surface area (Å²) in [5.74, 6) is 0.101. The number of anilines is 2. The largest absolute Gasteiger partial charge is 0.489 e. The van der Waals surface area contributed by atoms with E-state index < -0.39 is 17.8 Å². The molecule has 11 heteroatoms. The van der Waals surface area contributed by atoms with Crippen LogP contribution in [-0.4, -0.2) is 52.6 Å². The van der Waals surface area contributed by atoms with Gasteiger partial charge in [-0.2, -0.15) is 4.98 Å². The van der Waals surface area contributed by atoms with Gasteiger partial charge in [-0.3, -0.25) is 9.59 Å². The first-order valence-electron chi connectivity index (χ1n) is 11.0. The number of nitrogens with two attached hydrogens (primary N) is 1. The van der Waals surface area contributed by atoms with E-state index in [9.17, 15) is 14.0 Å². The molecule has 1 aromatic heterocycles. The van der Waals surface area contributed by atoms with Gasteiger partial charge in [-0.05, 0) is 37.5 Å². The van der Waals surface area contributed by atoms with Gasteiger partial charge in [-0.15, -0.1) is 0 Å². The maximum Gasteiger partial charge on any atom is 0.267 e. The second-order valence-electron chi connectivity index (χ2n) is 8.66. The second-order valence-corrected chi connectivity index (χ2v) is 9.06. The third kappa shape index (κ3) is 4.39. The molecule has 1 aromatic carbocycles. The average Bonchev–Trinajstić information content (AvgIpc) is 3.29. The minimum absolute atomic E-state index is 0.0826. The number of primary amides is 1. The van der Waals surface area contributed by atoms with Crippen LogP contribution in [0.5, 0.6) is 5.75 Å². The lowest BCUT2D eigenvalue weighted by Gasteiger charge is -2.39. The van der Waals surface area contributed by atoms with E-state index in [0.29, 0.717) is 43.3 Å². The summed E-state index contributed by atoms with van der Waals surface area (Å²) < 4.78 is 19.4. The van der Waals surface area contributed by atoms with Crippen LogP contribution in [0, 0.1) is 5.82 Å². The minimum Gasteiger partial charge on any atom is -0.489 e. The summed E-state index contributed by atoms with van der Waals surface area (Å²) in [7, 11) is 0. The van der Waals surface area contributed by atoms with Gasteiger partial charge in [-0.1, -0.05) is 11.6 Å². The SMILES string of the molecule is NC(=O)c1cc(NC2CCNC2=O)nc(N2[C@@H]3CC[C@H]2CC(Oc2ccc(F)cc2Cl)C3)n1. The zero-order valence-electron chi connectivity index (χ0n) is 17.8. The van der Waals surface area contributed by atoms with Crippen molar-refractivity contribution in [3.05, 3.63) is 40.8 Å². The third-order valence-corrected chi connectivity index (χ3v) is 6.74. The first-order chi connectivity index (χ1) is 15.9. The van der Waals surface area contributed by atoms with Crippen molar-refractivity contribution in [2.45, 2.75) is 56.3 Å². The lowest BCUT2D eigenvalue weighted by Crippen LogP contribution is -2.47. The first kappa shape index (κ1) is 21.7. The van der Waals surface area contributed by atoms with E-state index in [2.05, 4.69) is 25.5 Å². The summed E-state index contributed by atoms with van der Waals surface area (Å²) >= 11 is 6.13. The van der Waals surface area contributed by atoms with Gasteiger partial charge in [0.15, 0.2) is 0 Å². The summed E-state index contributed by atoms with van der Waals surface area (Å²) in [6.45, 7) is 0.590. The van der Waals surface area contributed by atoms with Gasteiger partial charge in [0.25, 0.3) is 5.91 Å². The maximum atomic E-state index is 13.3. The molecule has 5 rings (SSSR count). The standard InChI is InChI=1S/C22H24ClFN6O3/c23-15-7-11(24)1-4-18(15)33-14-8-12-2-3-13(9-14)30(12)22-28-17(20(25)31)10-19(29-22)27-16-5-6-26-21(16)32/h1,4,7,10,12-14,16H,2-3,5-6,8-9H2,(H2,25,31)(H,26,32)(H,27,28,29)/t12-,13+,14?,16?. The number of halogens is 2. The number of carbonyl (C=O) groups is 2. The van der Waals surface area contributed by atoms with E-state index in [1.165, 1.54) is 18.2 Å². The Kier molecular flexibility index (Phi) is 5.69. The van der Waals surface area contributed by atoms with Crippen LogP contribution in [0.4, 0.5) is 16.2 Å². The number of amides is 2. The maximum absolute atomic E-state index is 13.3. The van der Waals surface area contributed by atoms with Gasteiger partial charge < -0.3 is 26.0 Å². The van der Waals surface area contributed by atoms with E-state index in [0.717, 1.165) is 12.8 Å². The van der Waals surface area contributed by atoms with Crippen LogP contribution in [0.25, 0.3) is 0 Å². The van der Waals surface area contributed by atoms with E-state index in [4.69, 9.17) is 22.1 Å². The molecule has 2 unspecified atom stereocenters. The first-order valence-corrected chi connectivity index (χ1v) is 11.4. The molecular weight excluding hydrogens is 451 g/mol. The number of hydrogen-bond acceptors (Lipinski definition) is 7. The Hall–Kier alpha value is -3.14. The minimum atomic E-state index is -0.658. The molecule has 0 radical (unpaired) electrons. The highest BCUT2D eigenvalue weighted by Gasteiger charge is 2.43. The van der Waals surface area contributed by atoms with E-state index >= 15 is 0 Å². The number of nitrogens with zero attached hydrogens (tertiary/aromatic N) is 3. The van der Waals surface area contributed by atoms with Crippen LogP contribution in [-0.2, 0) is 4.79 Å². The number of ether oxygens (including phenoxy) is 1. The van der Waals surface area contributed by atoms with Crippen molar-refractivity contribution in [2.75, 3.05) is 16.8 Å². The molecule has 4 N–H and O–H groups in total. The van der Waals surface area contributed by atoms with Crippen LogP contribution >= 0.6 is 11.6 Å². The Bertz CT molecular complexity index is 1090. The van der Waals surface area contributed by atoms with Gasteiger partial charge in [0.05, 0.1) is 5.02 Å². The van der Waals surface area contributed by atoms with Crippen molar-refractivity contribution in [3.63, 3.8) is 0 Å². The molecule has 33 heavy (non-hydrogen) atoms. The molecular formula is C22H24ClFN6O3. The highest BCUT2D eigenvalue weighted by Crippen LogP contribution is 2.40. The highest BCUT2D eigenvalue weighted by atomic mass is 35.5. The fourth-order valence-electron chi connectivity index (χ4n) is 4.96. The predicted octanol–water partition coefficient (Wildman–Crippen LogP) is 2.25. The zero-order valence-corrected chi connectivity index (χ0v) is 18.5. The summed E-state index contributed by atoms with van der Waals surface area (Å²) in [6, 6.07) is 5.40. The summed E-state index contributed by atoms with van der Waals surface area (Å²) in [5, 5.41) is 6.11. The monoisotopic (exact) mass is 474 g/mol. The topological polar surface area (TPSA) is 122 Å². The molecule has 9 nitrogen and oxygen atoms in total. The third-order valence-electron chi connectivity index (χ3n) is 6.45. The molecule has 3 saturated heterocycles. The molecule has 0 spiro atoms. The van der Waals surface area contributed by atoms with Crippen LogP contribution in [0.1, 0.15) is 42.6 Å². The Balaban J connectivity index is 1.36. The van der Waals surface area contributed by atoms with Crippen molar-refractivity contribution in [2.24, 2.45) is 5.73 Å². The number of hydrogen-bond donors (Lipinski definition) is 3. The summed E-state index contributed by atoms with van der Waals surface area (Å²) in [4.78, 5) is 35.1. The number of nitrogens with one attached hydrogen (secondary N) is 2. The number of rotatable bonds is 6. The van der Waals surface area contributed by atoms with Crippen LogP contribution in [0.15, 0.2) is 24.3 Å². The fourth-order valence-corrected chi connectivity index (χ4v) is 5.17. The van der Waals surface area contributed by atoms with E-state index in [1.807, 2.05) is 0 Å².